The summed E-state index contributed by atoms with van der Waals surface area (Å²) >= 11 is 0. The Bertz CT molecular complexity index is 483. The molecule has 0 bridgehead atoms. The van der Waals surface area contributed by atoms with Crippen molar-refractivity contribution in [3.8, 4) is 0 Å². The summed E-state index contributed by atoms with van der Waals surface area (Å²) in [6.07, 6.45) is 14.3. The summed E-state index contributed by atoms with van der Waals surface area (Å²) in [5, 5.41) is 0. The zero-order chi connectivity index (χ0) is 17.7. The first kappa shape index (κ1) is 22.1. The first-order valence-corrected chi connectivity index (χ1v) is 9.55. The molecule has 2 N–H and O–H groups in total. The number of phosphoric acid groups is 1. The molecular formula is C18H31O4P. The molecule has 0 unspecified atom stereocenters. The van der Waals surface area contributed by atoms with Crippen LogP contribution >= 0.6 is 7.82 Å². The third kappa shape index (κ3) is 15.7. The van der Waals surface area contributed by atoms with Crippen LogP contribution in [0.4, 0.5) is 0 Å². The summed E-state index contributed by atoms with van der Waals surface area (Å²) in [6, 6.07) is 0. The lowest BCUT2D eigenvalue weighted by Crippen LogP contribution is -1.89. The molecule has 0 fully saturated rings. The van der Waals surface area contributed by atoms with Crippen LogP contribution in [0, 0.1) is 0 Å². The molecule has 0 radical (unpaired) electrons. The Morgan fingerprint density at radius 3 is 1.78 bits per heavy atom. The third-order valence-corrected chi connectivity index (χ3v) is 3.97. The second-order valence-electron chi connectivity index (χ2n) is 5.84. The highest BCUT2D eigenvalue weighted by molar-refractivity contribution is 7.46. The molecular weight excluding hydrogens is 311 g/mol. The molecule has 132 valence electrons. The van der Waals surface area contributed by atoms with Gasteiger partial charge in [0.1, 0.15) is 0 Å². The molecule has 0 rings (SSSR count). The molecule has 0 atom stereocenters. The number of hydrogen-bond acceptors (Lipinski definition) is 2. The number of rotatable bonds is 12. The summed E-state index contributed by atoms with van der Waals surface area (Å²) in [7, 11) is -4.36. The maximum atomic E-state index is 10.5. The monoisotopic (exact) mass is 342 g/mol. The van der Waals surface area contributed by atoms with Crippen molar-refractivity contribution < 1.29 is 18.9 Å². The highest BCUT2D eigenvalue weighted by atomic mass is 31.2. The highest BCUT2D eigenvalue weighted by Crippen LogP contribution is 2.35. The molecule has 0 spiro atoms. The van der Waals surface area contributed by atoms with Crippen LogP contribution in [0.1, 0.15) is 59.3 Å². The van der Waals surface area contributed by atoms with Gasteiger partial charge in [-0.3, -0.25) is 4.52 Å². The van der Waals surface area contributed by atoms with Crippen LogP contribution in [0.3, 0.4) is 0 Å². The number of allylic oxidation sites excluding steroid dienone is 6. The lowest BCUT2D eigenvalue weighted by molar-refractivity contribution is 0.215. The van der Waals surface area contributed by atoms with Gasteiger partial charge in [0.25, 0.3) is 0 Å². The summed E-state index contributed by atoms with van der Waals surface area (Å²) < 4.78 is 14.9. The first-order valence-electron chi connectivity index (χ1n) is 8.02. The minimum absolute atomic E-state index is 0.0480. The van der Waals surface area contributed by atoms with Gasteiger partial charge in [-0.2, -0.15) is 0 Å². The van der Waals surface area contributed by atoms with Crippen LogP contribution in [0.5, 0.6) is 0 Å². The Balaban J connectivity index is 3.99. The zero-order valence-corrected chi connectivity index (χ0v) is 15.5. The van der Waals surface area contributed by atoms with Gasteiger partial charge in [-0.15, -0.1) is 6.58 Å². The summed E-state index contributed by atoms with van der Waals surface area (Å²) in [5.41, 5.74) is 3.86. The van der Waals surface area contributed by atoms with E-state index in [9.17, 15) is 4.57 Å². The predicted molar refractivity (Wildman–Crippen MR) is 97.2 cm³/mol. The molecule has 0 aromatic heterocycles. The summed E-state index contributed by atoms with van der Waals surface area (Å²) in [5.74, 6) is 0. The van der Waals surface area contributed by atoms with Crippen LogP contribution in [0.15, 0.2) is 47.6 Å². The fourth-order valence-electron chi connectivity index (χ4n) is 2.01. The Hall–Kier alpha value is -0.930. The lowest BCUT2D eigenvalue weighted by Gasteiger charge is -2.04. The SMILES string of the molecule is C=CCC/C(C)=C\CC/C(C)=C\CC/C(C)=C\COP(=O)(O)O. The molecule has 0 heterocycles. The maximum Gasteiger partial charge on any atom is 0.469 e. The molecule has 4 nitrogen and oxygen atoms in total. The zero-order valence-electron chi connectivity index (χ0n) is 14.6. The van der Waals surface area contributed by atoms with Crippen molar-refractivity contribution in [1.29, 1.82) is 0 Å². The molecule has 0 saturated heterocycles. The van der Waals surface area contributed by atoms with Crippen molar-refractivity contribution in [3.63, 3.8) is 0 Å². The third-order valence-electron chi connectivity index (χ3n) is 3.48. The van der Waals surface area contributed by atoms with E-state index in [1.807, 2.05) is 13.0 Å². The molecule has 0 aliphatic carbocycles. The molecule has 0 aromatic carbocycles. The summed E-state index contributed by atoms with van der Waals surface area (Å²) in [4.78, 5) is 17.2. The van der Waals surface area contributed by atoms with E-state index in [0.29, 0.717) is 0 Å². The second-order valence-corrected chi connectivity index (χ2v) is 7.08. The fraction of sp³-hybridized carbons (Fsp3) is 0.556. The van der Waals surface area contributed by atoms with Gasteiger partial charge in [0.2, 0.25) is 0 Å². The van der Waals surface area contributed by atoms with E-state index < -0.39 is 7.82 Å². The van der Waals surface area contributed by atoms with Gasteiger partial charge < -0.3 is 9.79 Å². The van der Waals surface area contributed by atoms with Gasteiger partial charge in [-0.25, -0.2) is 4.57 Å². The smallest absolute Gasteiger partial charge is 0.303 e. The average molecular weight is 342 g/mol. The first-order chi connectivity index (χ1) is 10.7. The molecule has 23 heavy (non-hydrogen) atoms. The van der Waals surface area contributed by atoms with Crippen molar-refractivity contribution in [3.05, 3.63) is 47.6 Å². The molecule has 0 aliphatic rings. The van der Waals surface area contributed by atoms with Crippen LogP contribution in [-0.4, -0.2) is 16.4 Å². The average Bonchev–Trinajstić information content (AvgIpc) is 2.43. The van der Waals surface area contributed by atoms with E-state index in [2.05, 4.69) is 37.1 Å². The van der Waals surface area contributed by atoms with Crippen molar-refractivity contribution in [2.45, 2.75) is 59.3 Å². The van der Waals surface area contributed by atoms with Crippen LogP contribution in [0.25, 0.3) is 0 Å². The van der Waals surface area contributed by atoms with Crippen LogP contribution in [0.2, 0.25) is 0 Å². The Morgan fingerprint density at radius 1 is 0.913 bits per heavy atom. The van der Waals surface area contributed by atoms with Gasteiger partial charge in [0.15, 0.2) is 0 Å². The topological polar surface area (TPSA) is 66.8 Å². The largest absolute Gasteiger partial charge is 0.469 e. The molecule has 0 saturated carbocycles. The van der Waals surface area contributed by atoms with E-state index in [1.165, 1.54) is 11.1 Å². The molecule has 0 amide bonds. The van der Waals surface area contributed by atoms with Crippen molar-refractivity contribution >= 4 is 7.82 Å². The van der Waals surface area contributed by atoms with E-state index >= 15 is 0 Å². The minimum Gasteiger partial charge on any atom is -0.303 e. The summed E-state index contributed by atoms with van der Waals surface area (Å²) in [6.45, 7) is 9.93. The molecule has 0 aliphatic heterocycles. The standard InChI is InChI=1S/C18H31O4P/c1-5-6-9-16(2)10-7-11-17(3)12-8-13-18(4)14-15-22-23(19,20)21/h5,10,12,14H,1,6-9,11,13,15H2,2-4H3,(H2,19,20,21)/b16-10-,17-12-,18-14-. The minimum atomic E-state index is -4.36. The predicted octanol–water partition coefficient (Wildman–Crippen LogP) is 5.46. The molecule has 0 aromatic rings. The van der Waals surface area contributed by atoms with E-state index in [4.69, 9.17) is 9.79 Å². The highest BCUT2D eigenvalue weighted by Gasteiger charge is 2.11. The van der Waals surface area contributed by atoms with Gasteiger partial charge >= 0.3 is 7.82 Å². The fourth-order valence-corrected chi connectivity index (χ4v) is 2.27. The van der Waals surface area contributed by atoms with Gasteiger partial charge in [0, 0.05) is 0 Å². The Kier molecular flexibility index (Phi) is 12.0. The van der Waals surface area contributed by atoms with Crippen LogP contribution < -0.4 is 0 Å². The van der Waals surface area contributed by atoms with Crippen molar-refractivity contribution in [2.75, 3.05) is 6.61 Å². The number of phosphoric ester groups is 1. The van der Waals surface area contributed by atoms with Crippen molar-refractivity contribution in [1.82, 2.24) is 0 Å². The quantitative estimate of drug-likeness (QED) is 0.365. The number of hydrogen-bond donors (Lipinski definition) is 2. The van der Waals surface area contributed by atoms with Crippen LogP contribution in [-0.2, 0) is 9.09 Å². The normalized spacial score (nSPS) is 14.2. The Morgan fingerprint density at radius 2 is 1.35 bits per heavy atom. The van der Waals surface area contributed by atoms with Gasteiger partial charge in [-0.05, 0) is 59.3 Å². The van der Waals surface area contributed by atoms with Gasteiger partial charge in [-0.1, -0.05) is 41.0 Å². The van der Waals surface area contributed by atoms with Crippen molar-refractivity contribution in [2.24, 2.45) is 0 Å². The van der Waals surface area contributed by atoms with Gasteiger partial charge in [0.05, 0.1) is 6.61 Å². The van der Waals surface area contributed by atoms with E-state index in [1.54, 1.807) is 6.08 Å². The molecule has 5 heteroatoms. The maximum absolute atomic E-state index is 10.5. The lowest BCUT2D eigenvalue weighted by atomic mass is 10.1. The second kappa shape index (κ2) is 12.5. The Labute approximate surface area is 140 Å². The van der Waals surface area contributed by atoms with E-state index in [-0.39, 0.29) is 6.61 Å². The van der Waals surface area contributed by atoms with E-state index in [0.717, 1.165) is 44.1 Å².